The van der Waals surface area contributed by atoms with Crippen LogP contribution in [0.2, 0.25) is 0 Å². The molecule has 4 heteroatoms. The van der Waals surface area contributed by atoms with Gasteiger partial charge in [-0.15, -0.1) is 0 Å². The second-order valence-electron chi connectivity index (χ2n) is 4.87. The van der Waals surface area contributed by atoms with E-state index in [-0.39, 0.29) is 17.9 Å². The van der Waals surface area contributed by atoms with Crippen LogP contribution in [-0.4, -0.2) is 0 Å². The van der Waals surface area contributed by atoms with E-state index < -0.39 is 11.6 Å². The summed E-state index contributed by atoms with van der Waals surface area (Å²) >= 11 is 0. The van der Waals surface area contributed by atoms with Gasteiger partial charge in [0.15, 0.2) is 0 Å². The minimum atomic E-state index is -0.605. The molecule has 0 heterocycles. The Morgan fingerprint density at radius 2 is 1.30 bits per heavy atom. The molecule has 0 saturated heterocycles. The first-order valence-electron chi connectivity index (χ1n) is 6.43. The normalized spacial score (nSPS) is 14.1. The van der Waals surface area contributed by atoms with Crippen molar-refractivity contribution in [3.8, 4) is 0 Å². The molecule has 106 valence electrons. The average molecular weight is 279 g/mol. The van der Waals surface area contributed by atoms with Crippen molar-refractivity contribution in [1.29, 1.82) is 0 Å². The van der Waals surface area contributed by atoms with E-state index in [4.69, 9.17) is 0 Å². The molecule has 0 aromatic heterocycles. The lowest BCUT2D eigenvalue weighted by Gasteiger charge is -2.21. The number of hydrogen-bond donors (Lipinski definition) is 1. The summed E-state index contributed by atoms with van der Waals surface area (Å²) in [6.07, 6.45) is 0. The van der Waals surface area contributed by atoms with Crippen molar-refractivity contribution in [2.75, 3.05) is 0 Å². The SMILES string of the molecule is CC(N[C@H](C)c1cccc(F)c1)c1cc(F)cc(F)c1. The van der Waals surface area contributed by atoms with Crippen LogP contribution in [0.4, 0.5) is 13.2 Å². The van der Waals surface area contributed by atoms with Crippen molar-refractivity contribution in [2.24, 2.45) is 0 Å². The lowest BCUT2D eigenvalue weighted by molar-refractivity contribution is 0.485. The Balaban J connectivity index is 2.12. The molecule has 1 nitrogen and oxygen atoms in total. The van der Waals surface area contributed by atoms with Gasteiger partial charge in [0.25, 0.3) is 0 Å². The minimum absolute atomic E-state index is 0.132. The summed E-state index contributed by atoms with van der Waals surface area (Å²) in [5, 5.41) is 3.19. The van der Waals surface area contributed by atoms with Crippen LogP contribution >= 0.6 is 0 Å². The first-order valence-corrected chi connectivity index (χ1v) is 6.43. The van der Waals surface area contributed by atoms with Gasteiger partial charge in [0, 0.05) is 18.2 Å². The summed E-state index contributed by atoms with van der Waals surface area (Å²) in [4.78, 5) is 0. The largest absolute Gasteiger partial charge is 0.304 e. The van der Waals surface area contributed by atoms with Crippen molar-refractivity contribution in [3.63, 3.8) is 0 Å². The monoisotopic (exact) mass is 279 g/mol. The van der Waals surface area contributed by atoms with Gasteiger partial charge in [-0.2, -0.15) is 0 Å². The maximum Gasteiger partial charge on any atom is 0.126 e. The Hall–Kier alpha value is -1.81. The summed E-state index contributed by atoms with van der Waals surface area (Å²) in [5.41, 5.74) is 1.31. The molecule has 2 aromatic rings. The van der Waals surface area contributed by atoms with E-state index in [1.54, 1.807) is 12.1 Å². The Morgan fingerprint density at radius 1 is 0.750 bits per heavy atom. The molecule has 0 bridgehead atoms. The molecular formula is C16H16F3N. The highest BCUT2D eigenvalue weighted by Gasteiger charge is 2.13. The van der Waals surface area contributed by atoms with E-state index in [9.17, 15) is 13.2 Å². The Labute approximate surface area is 116 Å². The quantitative estimate of drug-likeness (QED) is 0.868. The van der Waals surface area contributed by atoms with E-state index in [0.29, 0.717) is 5.56 Å². The third-order valence-corrected chi connectivity index (χ3v) is 3.23. The van der Waals surface area contributed by atoms with Crippen LogP contribution < -0.4 is 5.32 Å². The van der Waals surface area contributed by atoms with Crippen LogP contribution in [-0.2, 0) is 0 Å². The van der Waals surface area contributed by atoms with E-state index >= 15 is 0 Å². The number of rotatable bonds is 4. The molecular weight excluding hydrogens is 263 g/mol. The molecule has 0 aliphatic carbocycles. The highest BCUT2D eigenvalue weighted by atomic mass is 19.1. The molecule has 0 radical (unpaired) electrons. The fraction of sp³-hybridized carbons (Fsp3) is 0.250. The van der Waals surface area contributed by atoms with Crippen molar-refractivity contribution in [2.45, 2.75) is 25.9 Å². The molecule has 20 heavy (non-hydrogen) atoms. The van der Waals surface area contributed by atoms with Crippen LogP contribution in [0.15, 0.2) is 42.5 Å². The van der Waals surface area contributed by atoms with Gasteiger partial charge < -0.3 is 5.32 Å². The fourth-order valence-electron chi connectivity index (χ4n) is 2.17. The first kappa shape index (κ1) is 14.6. The fourth-order valence-corrected chi connectivity index (χ4v) is 2.17. The van der Waals surface area contributed by atoms with Gasteiger partial charge >= 0.3 is 0 Å². The van der Waals surface area contributed by atoms with E-state index in [1.165, 1.54) is 24.3 Å². The van der Waals surface area contributed by atoms with Gasteiger partial charge in [-0.3, -0.25) is 0 Å². The molecule has 0 aliphatic heterocycles. The highest BCUT2D eigenvalue weighted by Crippen LogP contribution is 2.21. The molecule has 0 spiro atoms. The second-order valence-corrected chi connectivity index (χ2v) is 4.87. The Bertz CT molecular complexity index is 578. The van der Waals surface area contributed by atoms with Gasteiger partial charge in [-0.25, -0.2) is 13.2 Å². The zero-order valence-electron chi connectivity index (χ0n) is 11.3. The van der Waals surface area contributed by atoms with Crippen molar-refractivity contribution in [1.82, 2.24) is 5.32 Å². The van der Waals surface area contributed by atoms with Crippen molar-refractivity contribution < 1.29 is 13.2 Å². The number of benzene rings is 2. The van der Waals surface area contributed by atoms with Crippen LogP contribution in [0.3, 0.4) is 0 Å². The summed E-state index contributed by atoms with van der Waals surface area (Å²) < 4.78 is 39.5. The third-order valence-electron chi connectivity index (χ3n) is 3.23. The molecule has 1 N–H and O–H groups in total. The maximum absolute atomic E-state index is 13.2. The summed E-state index contributed by atoms with van der Waals surface area (Å²) in [7, 11) is 0. The van der Waals surface area contributed by atoms with Gasteiger partial charge in [0.1, 0.15) is 17.5 Å². The van der Waals surface area contributed by atoms with Gasteiger partial charge in [0.2, 0.25) is 0 Å². The van der Waals surface area contributed by atoms with Crippen LogP contribution in [0.1, 0.15) is 37.1 Å². The number of halogens is 3. The minimum Gasteiger partial charge on any atom is -0.304 e. The predicted octanol–water partition coefficient (Wildman–Crippen LogP) is 4.52. The number of nitrogens with one attached hydrogen (secondary N) is 1. The third kappa shape index (κ3) is 3.61. The Kier molecular flexibility index (Phi) is 4.45. The standard InChI is InChI=1S/C16H16F3N/c1-10(12-4-3-5-14(17)6-12)20-11(2)13-7-15(18)9-16(19)8-13/h3-11,20H,1-2H3/t10-,11?/m1/s1. The average Bonchev–Trinajstić information content (AvgIpc) is 2.37. The van der Waals surface area contributed by atoms with Gasteiger partial charge in [-0.1, -0.05) is 12.1 Å². The number of hydrogen-bond acceptors (Lipinski definition) is 1. The molecule has 1 unspecified atom stereocenters. The molecule has 0 aliphatic rings. The summed E-state index contributed by atoms with van der Waals surface area (Å²) in [5.74, 6) is -1.51. The zero-order valence-corrected chi connectivity index (χ0v) is 11.3. The van der Waals surface area contributed by atoms with Crippen LogP contribution in [0, 0.1) is 17.5 Å². The van der Waals surface area contributed by atoms with Crippen molar-refractivity contribution >= 4 is 0 Å². The van der Waals surface area contributed by atoms with Crippen molar-refractivity contribution in [3.05, 3.63) is 71.0 Å². The topological polar surface area (TPSA) is 12.0 Å². The summed E-state index contributed by atoms with van der Waals surface area (Å²) in [6.45, 7) is 3.69. The smallest absolute Gasteiger partial charge is 0.126 e. The Morgan fingerprint density at radius 3 is 1.90 bits per heavy atom. The van der Waals surface area contributed by atoms with E-state index in [2.05, 4.69) is 5.32 Å². The summed E-state index contributed by atoms with van der Waals surface area (Å²) in [6, 6.07) is 9.29. The molecule has 0 saturated carbocycles. The lowest BCUT2D eigenvalue weighted by atomic mass is 10.0. The lowest BCUT2D eigenvalue weighted by Crippen LogP contribution is -2.22. The molecule has 2 atom stereocenters. The highest BCUT2D eigenvalue weighted by molar-refractivity contribution is 5.23. The molecule has 2 rings (SSSR count). The molecule has 0 fully saturated rings. The molecule has 2 aromatic carbocycles. The first-order chi connectivity index (χ1) is 9.45. The van der Waals surface area contributed by atoms with Gasteiger partial charge in [-0.05, 0) is 49.2 Å². The zero-order chi connectivity index (χ0) is 14.7. The predicted molar refractivity (Wildman–Crippen MR) is 72.7 cm³/mol. The second kappa shape index (κ2) is 6.09. The van der Waals surface area contributed by atoms with Crippen LogP contribution in [0.25, 0.3) is 0 Å². The van der Waals surface area contributed by atoms with E-state index in [1.807, 2.05) is 13.8 Å². The molecule has 0 amide bonds. The van der Waals surface area contributed by atoms with Crippen LogP contribution in [0.5, 0.6) is 0 Å². The maximum atomic E-state index is 13.2. The van der Waals surface area contributed by atoms with E-state index in [0.717, 1.165) is 11.6 Å². The van der Waals surface area contributed by atoms with Gasteiger partial charge in [0.05, 0.1) is 0 Å².